The molecule has 1 N–H and O–H groups in total. The third kappa shape index (κ3) is 2.47. The topological polar surface area (TPSA) is 24.9 Å². The smallest absolute Gasteiger partial charge is 0.0540 e. The van der Waals surface area contributed by atoms with Crippen LogP contribution in [0.15, 0.2) is 22.9 Å². The zero-order valence-corrected chi connectivity index (χ0v) is 9.92. The Morgan fingerprint density at radius 3 is 3.14 bits per heavy atom. The summed E-state index contributed by atoms with van der Waals surface area (Å²) in [6.07, 6.45) is 7.65. The van der Waals surface area contributed by atoms with E-state index in [1.54, 1.807) is 0 Å². The molecule has 76 valence electrons. The van der Waals surface area contributed by atoms with Crippen molar-refractivity contribution in [2.45, 2.75) is 32.2 Å². The van der Waals surface area contributed by atoms with E-state index >= 15 is 0 Å². The van der Waals surface area contributed by atoms with Crippen LogP contribution < -0.4 is 5.32 Å². The van der Waals surface area contributed by atoms with E-state index in [2.05, 4.69) is 39.2 Å². The van der Waals surface area contributed by atoms with Gasteiger partial charge in [-0.1, -0.05) is 13.3 Å². The average Bonchev–Trinajstić information content (AvgIpc) is 2.84. The van der Waals surface area contributed by atoms with Crippen LogP contribution in [-0.4, -0.2) is 11.0 Å². The highest BCUT2D eigenvalue weighted by Crippen LogP contribution is 2.37. The summed E-state index contributed by atoms with van der Waals surface area (Å²) >= 11 is 3.42. The molecule has 0 bridgehead atoms. The van der Waals surface area contributed by atoms with Crippen molar-refractivity contribution in [2.24, 2.45) is 5.92 Å². The van der Waals surface area contributed by atoms with Gasteiger partial charge in [-0.2, -0.15) is 0 Å². The van der Waals surface area contributed by atoms with Gasteiger partial charge in [-0.15, -0.1) is 0 Å². The van der Waals surface area contributed by atoms with Gasteiger partial charge in [-0.3, -0.25) is 4.98 Å². The van der Waals surface area contributed by atoms with Crippen LogP contribution in [0.1, 0.15) is 26.2 Å². The molecular formula is C11H15BrN2. The van der Waals surface area contributed by atoms with Gasteiger partial charge in [0.25, 0.3) is 0 Å². The maximum absolute atomic E-state index is 4.13. The van der Waals surface area contributed by atoms with E-state index in [9.17, 15) is 0 Å². The standard InChI is InChI=1S/C11H15BrN2/c1-2-3-8-4-11(8)14-10-5-9(12)6-13-7-10/h5-8,11,14H,2-4H2,1H3. The number of hydrogen-bond acceptors (Lipinski definition) is 2. The SMILES string of the molecule is CCCC1CC1Nc1cncc(Br)c1. The maximum atomic E-state index is 4.13. The number of hydrogen-bond donors (Lipinski definition) is 1. The molecule has 3 heteroatoms. The molecule has 0 saturated heterocycles. The minimum absolute atomic E-state index is 0.686. The van der Waals surface area contributed by atoms with Crippen molar-refractivity contribution in [1.29, 1.82) is 0 Å². The molecule has 1 heterocycles. The van der Waals surface area contributed by atoms with E-state index in [1.807, 2.05) is 12.4 Å². The Balaban J connectivity index is 1.87. The Labute approximate surface area is 93.3 Å². The molecule has 1 fully saturated rings. The monoisotopic (exact) mass is 254 g/mol. The Bertz CT molecular complexity index is 314. The molecule has 1 aromatic rings. The summed E-state index contributed by atoms with van der Waals surface area (Å²) in [5.74, 6) is 0.888. The summed E-state index contributed by atoms with van der Waals surface area (Å²) in [5, 5.41) is 3.50. The van der Waals surface area contributed by atoms with Gasteiger partial charge in [-0.05, 0) is 40.8 Å². The second kappa shape index (κ2) is 4.30. The molecule has 0 spiro atoms. The summed E-state index contributed by atoms with van der Waals surface area (Å²) in [7, 11) is 0. The predicted octanol–water partition coefficient (Wildman–Crippen LogP) is 3.44. The molecule has 1 aromatic heterocycles. The van der Waals surface area contributed by atoms with Crippen LogP contribution in [0.4, 0.5) is 5.69 Å². The van der Waals surface area contributed by atoms with Gasteiger partial charge in [0.05, 0.1) is 11.9 Å². The van der Waals surface area contributed by atoms with Crippen molar-refractivity contribution < 1.29 is 0 Å². The Kier molecular flexibility index (Phi) is 3.06. The molecule has 2 unspecified atom stereocenters. The van der Waals surface area contributed by atoms with E-state index < -0.39 is 0 Å². The lowest BCUT2D eigenvalue weighted by Crippen LogP contribution is -2.04. The first kappa shape index (κ1) is 9.97. The number of aromatic nitrogens is 1. The highest BCUT2D eigenvalue weighted by atomic mass is 79.9. The van der Waals surface area contributed by atoms with Crippen LogP contribution in [-0.2, 0) is 0 Å². The van der Waals surface area contributed by atoms with Crippen molar-refractivity contribution >= 4 is 21.6 Å². The molecule has 0 amide bonds. The normalized spacial score (nSPS) is 24.7. The molecule has 1 aliphatic carbocycles. The molecule has 1 saturated carbocycles. The minimum atomic E-state index is 0.686. The van der Waals surface area contributed by atoms with Gasteiger partial charge < -0.3 is 5.32 Å². The first-order valence-electron chi connectivity index (χ1n) is 5.16. The first-order chi connectivity index (χ1) is 6.79. The first-order valence-corrected chi connectivity index (χ1v) is 5.96. The van der Waals surface area contributed by atoms with Crippen LogP contribution in [0.3, 0.4) is 0 Å². The Morgan fingerprint density at radius 1 is 1.57 bits per heavy atom. The van der Waals surface area contributed by atoms with Crippen LogP contribution in [0.2, 0.25) is 0 Å². The lowest BCUT2D eigenvalue weighted by Gasteiger charge is -2.04. The quantitative estimate of drug-likeness (QED) is 0.891. The van der Waals surface area contributed by atoms with E-state index in [-0.39, 0.29) is 0 Å². The number of anilines is 1. The van der Waals surface area contributed by atoms with Gasteiger partial charge in [0.2, 0.25) is 0 Å². The molecule has 2 atom stereocenters. The third-order valence-electron chi connectivity index (χ3n) is 2.64. The van der Waals surface area contributed by atoms with Gasteiger partial charge >= 0.3 is 0 Å². The molecular weight excluding hydrogens is 240 g/mol. The van der Waals surface area contributed by atoms with Crippen molar-refractivity contribution in [3.05, 3.63) is 22.9 Å². The fourth-order valence-corrected chi connectivity index (χ4v) is 2.18. The average molecular weight is 255 g/mol. The highest BCUT2D eigenvalue weighted by molar-refractivity contribution is 9.10. The molecule has 2 nitrogen and oxygen atoms in total. The van der Waals surface area contributed by atoms with Gasteiger partial charge in [0.15, 0.2) is 0 Å². The summed E-state index contributed by atoms with van der Waals surface area (Å²) in [4.78, 5) is 4.13. The summed E-state index contributed by atoms with van der Waals surface area (Å²) in [6.45, 7) is 2.25. The number of nitrogens with zero attached hydrogens (tertiary/aromatic N) is 1. The third-order valence-corrected chi connectivity index (χ3v) is 3.07. The molecule has 0 aliphatic heterocycles. The van der Waals surface area contributed by atoms with Crippen LogP contribution in [0.5, 0.6) is 0 Å². The second-order valence-electron chi connectivity index (χ2n) is 3.93. The number of pyridine rings is 1. The van der Waals surface area contributed by atoms with Crippen molar-refractivity contribution in [2.75, 3.05) is 5.32 Å². The van der Waals surface area contributed by atoms with Gasteiger partial charge in [0.1, 0.15) is 0 Å². The molecule has 2 rings (SSSR count). The lowest BCUT2D eigenvalue weighted by atomic mass is 10.2. The number of nitrogens with one attached hydrogen (secondary N) is 1. The highest BCUT2D eigenvalue weighted by Gasteiger charge is 2.35. The molecule has 0 radical (unpaired) electrons. The number of rotatable bonds is 4. The largest absolute Gasteiger partial charge is 0.381 e. The zero-order chi connectivity index (χ0) is 9.97. The fraction of sp³-hybridized carbons (Fsp3) is 0.545. The fourth-order valence-electron chi connectivity index (χ4n) is 1.82. The molecule has 0 aromatic carbocycles. The minimum Gasteiger partial charge on any atom is -0.381 e. The van der Waals surface area contributed by atoms with Gasteiger partial charge in [-0.25, -0.2) is 0 Å². The van der Waals surface area contributed by atoms with E-state index in [0.717, 1.165) is 16.1 Å². The molecule has 14 heavy (non-hydrogen) atoms. The van der Waals surface area contributed by atoms with Crippen molar-refractivity contribution in [1.82, 2.24) is 4.98 Å². The van der Waals surface area contributed by atoms with Crippen molar-refractivity contribution in [3.8, 4) is 0 Å². The van der Waals surface area contributed by atoms with Crippen LogP contribution in [0.25, 0.3) is 0 Å². The summed E-state index contributed by atoms with van der Waals surface area (Å²) in [6, 6.07) is 2.76. The Hall–Kier alpha value is -0.570. The van der Waals surface area contributed by atoms with Crippen LogP contribution in [0, 0.1) is 5.92 Å². The predicted molar refractivity (Wildman–Crippen MR) is 62.4 cm³/mol. The second-order valence-corrected chi connectivity index (χ2v) is 4.84. The van der Waals surface area contributed by atoms with Crippen molar-refractivity contribution in [3.63, 3.8) is 0 Å². The summed E-state index contributed by atoms with van der Waals surface area (Å²) < 4.78 is 1.04. The number of halogens is 1. The maximum Gasteiger partial charge on any atom is 0.0540 e. The van der Waals surface area contributed by atoms with Crippen LogP contribution >= 0.6 is 15.9 Å². The summed E-state index contributed by atoms with van der Waals surface area (Å²) in [5.41, 5.74) is 1.13. The van der Waals surface area contributed by atoms with E-state index in [0.29, 0.717) is 6.04 Å². The zero-order valence-electron chi connectivity index (χ0n) is 8.33. The van der Waals surface area contributed by atoms with Gasteiger partial charge in [0, 0.05) is 16.7 Å². The van der Waals surface area contributed by atoms with E-state index in [4.69, 9.17) is 0 Å². The molecule has 1 aliphatic rings. The Morgan fingerprint density at radius 2 is 2.43 bits per heavy atom. The van der Waals surface area contributed by atoms with E-state index in [1.165, 1.54) is 19.3 Å². The lowest BCUT2D eigenvalue weighted by molar-refractivity contribution is 0.693.